The third-order valence-corrected chi connectivity index (χ3v) is 5.28. The Morgan fingerprint density at radius 2 is 1.76 bits per heavy atom. The van der Waals surface area contributed by atoms with E-state index in [4.69, 9.17) is 0 Å². The molecular formula is C22H21FN4O2. The van der Waals surface area contributed by atoms with Gasteiger partial charge in [0.1, 0.15) is 12.1 Å². The lowest BCUT2D eigenvalue weighted by atomic mass is 9.77. The summed E-state index contributed by atoms with van der Waals surface area (Å²) in [6.07, 6.45) is 5.00. The summed E-state index contributed by atoms with van der Waals surface area (Å²) in [5, 5.41) is 15.7. The average molecular weight is 392 g/mol. The number of carbonyl (C=O) groups excluding carboxylic acids is 1. The number of amides is 1. The first kappa shape index (κ1) is 19.2. The van der Waals surface area contributed by atoms with Gasteiger partial charge in [0.25, 0.3) is 5.91 Å². The predicted octanol–water partition coefficient (Wildman–Crippen LogP) is 2.13. The topological polar surface area (TPSA) is 87.1 Å². The second-order valence-electron chi connectivity index (χ2n) is 7.03. The summed E-state index contributed by atoms with van der Waals surface area (Å²) in [5.74, 6) is -0.950. The first-order valence-corrected chi connectivity index (χ1v) is 9.42. The van der Waals surface area contributed by atoms with E-state index in [9.17, 15) is 14.3 Å². The van der Waals surface area contributed by atoms with Gasteiger partial charge in [0.15, 0.2) is 0 Å². The van der Waals surface area contributed by atoms with Crippen LogP contribution in [0.2, 0.25) is 0 Å². The van der Waals surface area contributed by atoms with Crippen LogP contribution in [0, 0.1) is 5.82 Å². The maximum Gasteiger partial charge on any atom is 0.254 e. The molecule has 3 aromatic rings. The Labute approximate surface area is 167 Å². The van der Waals surface area contributed by atoms with Crippen LogP contribution in [0.3, 0.4) is 0 Å². The van der Waals surface area contributed by atoms with Gasteiger partial charge in [-0.2, -0.15) is 0 Å². The molecule has 0 spiro atoms. The molecule has 6 nitrogen and oxygen atoms in total. The van der Waals surface area contributed by atoms with Crippen molar-refractivity contribution >= 4 is 5.91 Å². The van der Waals surface area contributed by atoms with E-state index in [0.29, 0.717) is 6.54 Å². The molecule has 1 aliphatic rings. The molecule has 0 saturated carbocycles. The number of aliphatic hydroxyl groups excluding tert-OH is 1. The highest BCUT2D eigenvalue weighted by Gasteiger charge is 2.40. The van der Waals surface area contributed by atoms with Crippen molar-refractivity contribution < 1.29 is 14.3 Å². The minimum atomic E-state index is -0.545. The molecule has 0 unspecified atom stereocenters. The van der Waals surface area contributed by atoms with Crippen molar-refractivity contribution in [3.63, 3.8) is 0 Å². The van der Waals surface area contributed by atoms with Crippen molar-refractivity contribution in [2.45, 2.75) is 18.0 Å². The molecule has 7 heteroatoms. The molecule has 0 aliphatic carbocycles. The van der Waals surface area contributed by atoms with Crippen molar-refractivity contribution in [1.82, 2.24) is 20.6 Å². The number of hydrogen-bond donors (Lipinski definition) is 3. The quantitative estimate of drug-likeness (QED) is 0.598. The zero-order valence-electron chi connectivity index (χ0n) is 15.6. The van der Waals surface area contributed by atoms with Gasteiger partial charge >= 0.3 is 0 Å². The van der Waals surface area contributed by atoms with E-state index in [-0.39, 0.29) is 30.2 Å². The van der Waals surface area contributed by atoms with Crippen molar-refractivity contribution in [3.05, 3.63) is 84.2 Å². The van der Waals surface area contributed by atoms with Crippen LogP contribution in [0.5, 0.6) is 0 Å². The van der Waals surface area contributed by atoms with Gasteiger partial charge in [-0.15, -0.1) is 0 Å². The lowest BCUT2D eigenvalue weighted by molar-refractivity contribution is 0.0906. The summed E-state index contributed by atoms with van der Waals surface area (Å²) >= 11 is 0. The molecule has 3 atom stereocenters. The Kier molecular flexibility index (Phi) is 5.59. The summed E-state index contributed by atoms with van der Waals surface area (Å²) in [7, 11) is 0. The molecule has 1 aliphatic heterocycles. The highest BCUT2D eigenvalue weighted by atomic mass is 19.1. The SMILES string of the molecule is O=C(NC[C@@H]1N[C@H](CO)[C@@H]1c1ccc(-c2cncnc2)cc1)c1ccccc1F. The number of benzene rings is 2. The average Bonchev–Trinajstić information content (AvgIpc) is 2.74. The van der Waals surface area contributed by atoms with Gasteiger partial charge < -0.3 is 15.7 Å². The smallest absolute Gasteiger partial charge is 0.254 e. The normalized spacial score (nSPS) is 20.7. The summed E-state index contributed by atoms with van der Waals surface area (Å²) in [6, 6.07) is 13.8. The van der Waals surface area contributed by atoms with Gasteiger partial charge in [-0.1, -0.05) is 36.4 Å². The van der Waals surface area contributed by atoms with Crippen LogP contribution in [0.4, 0.5) is 4.39 Å². The number of rotatable bonds is 6. The molecule has 29 heavy (non-hydrogen) atoms. The zero-order valence-corrected chi connectivity index (χ0v) is 15.6. The number of nitrogens with zero attached hydrogens (tertiary/aromatic N) is 2. The Morgan fingerprint density at radius 1 is 1.03 bits per heavy atom. The highest BCUT2D eigenvalue weighted by Crippen LogP contribution is 2.33. The van der Waals surface area contributed by atoms with Gasteiger partial charge in [0.05, 0.1) is 12.2 Å². The summed E-state index contributed by atoms with van der Waals surface area (Å²) in [5.41, 5.74) is 3.02. The number of halogens is 1. The lowest BCUT2D eigenvalue weighted by Crippen LogP contribution is -2.64. The van der Waals surface area contributed by atoms with Crippen LogP contribution in [0.1, 0.15) is 21.8 Å². The molecule has 148 valence electrons. The monoisotopic (exact) mass is 392 g/mol. The molecule has 3 N–H and O–H groups in total. The Hall–Kier alpha value is -3.16. The van der Waals surface area contributed by atoms with E-state index in [0.717, 1.165) is 16.7 Å². The maximum atomic E-state index is 13.8. The van der Waals surface area contributed by atoms with E-state index < -0.39 is 11.7 Å². The number of nitrogens with one attached hydrogen (secondary N) is 2. The van der Waals surface area contributed by atoms with Crippen molar-refractivity contribution in [3.8, 4) is 11.1 Å². The van der Waals surface area contributed by atoms with Crippen molar-refractivity contribution in [1.29, 1.82) is 0 Å². The first-order chi connectivity index (χ1) is 14.2. The van der Waals surface area contributed by atoms with Crippen LogP contribution >= 0.6 is 0 Å². The first-order valence-electron chi connectivity index (χ1n) is 9.42. The molecule has 1 amide bonds. The number of hydrogen-bond acceptors (Lipinski definition) is 5. The van der Waals surface area contributed by atoms with Crippen molar-refractivity contribution in [2.75, 3.05) is 13.2 Å². The molecule has 2 aromatic carbocycles. The van der Waals surface area contributed by atoms with Gasteiger partial charge in [-0.05, 0) is 23.3 Å². The maximum absolute atomic E-state index is 13.8. The van der Waals surface area contributed by atoms with Gasteiger partial charge in [-0.3, -0.25) is 4.79 Å². The molecule has 0 radical (unpaired) electrons. The van der Waals surface area contributed by atoms with Crippen LogP contribution in [-0.4, -0.2) is 46.2 Å². The molecule has 0 bridgehead atoms. The lowest BCUT2D eigenvalue weighted by Gasteiger charge is -2.46. The number of carbonyl (C=O) groups is 1. The zero-order chi connectivity index (χ0) is 20.2. The highest BCUT2D eigenvalue weighted by molar-refractivity contribution is 5.94. The Morgan fingerprint density at radius 3 is 2.45 bits per heavy atom. The second-order valence-corrected chi connectivity index (χ2v) is 7.03. The largest absolute Gasteiger partial charge is 0.395 e. The minimum Gasteiger partial charge on any atom is -0.395 e. The van der Waals surface area contributed by atoms with E-state index >= 15 is 0 Å². The third kappa shape index (κ3) is 4.01. The number of aromatic nitrogens is 2. The van der Waals surface area contributed by atoms with E-state index in [1.54, 1.807) is 24.5 Å². The third-order valence-electron chi connectivity index (χ3n) is 5.28. The van der Waals surface area contributed by atoms with E-state index in [1.165, 1.54) is 18.5 Å². The van der Waals surface area contributed by atoms with Crippen molar-refractivity contribution in [2.24, 2.45) is 0 Å². The molecule has 1 saturated heterocycles. The van der Waals surface area contributed by atoms with Crippen LogP contribution in [0.25, 0.3) is 11.1 Å². The van der Waals surface area contributed by atoms with Crippen LogP contribution < -0.4 is 10.6 Å². The molecular weight excluding hydrogens is 371 g/mol. The van der Waals surface area contributed by atoms with Crippen LogP contribution in [0.15, 0.2) is 67.3 Å². The van der Waals surface area contributed by atoms with Gasteiger partial charge in [-0.25, -0.2) is 14.4 Å². The Bertz CT molecular complexity index is 982. The summed E-state index contributed by atoms with van der Waals surface area (Å²) in [6.45, 7) is 0.333. The fourth-order valence-electron chi connectivity index (χ4n) is 3.75. The summed E-state index contributed by atoms with van der Waals surface area (Å²) in [4.78, 5) is 20.3. The molecule has 1 aromatic heterocycles. The minimum absolute atomic E-state index is 0.00327. The van der Waals surface area contributed by atoms with Crippen LogP contribution in [-0.2, 0) is 0 Å². The Balaban J connectivity index is 1.44. The summed E-state index contributed by atoms with van der Waals surface area (Å²) < 4.78 is 13.8. The fraction of sp³-hybridized carbons (Fsp3) is 0.227. The molecule has 4 rings (SSSR count). The fourth-order valence-corrected chi connectivity index (χ4v) is 3.75. The second kappa shape index (κ2) is 8.46. The number of aliphatic hydroxyl groups is 1. The van der Waals surface area contributed by atoms with Gasteiger partial charge in [0, 0.05) is 42.5 Å². The molecule has 1 fully saturated rings. The predicted molar refractivity (Wildman–Crippen MR) is 107 cm³/mol. The van der Waals surface area contributed by atoms with Gasteiger partial charge in [0.2, 0.25) is 0 Å². The standard InChI is InChI=1S/C22H21FN4O2/c23-18-4-2-1-3-17(18)22(29)26-11-19-21(20(12-28)27-19)15-7-5-14(6-8-15)16-9-24-13-25-10-16/h1-10,13,19-21,27-28H,11-12H2,(H,26,29)/t19-,20+,21+/m0/s1. The molecule has 2 heterocycles. The van der Waals surface area contributed by atoms with E-state index in [2.05, 4.69) is 20.6 Å². The van der Waals surface area contributed by atoms with E-state index in [1.807, 2.05) is 24.3 Å².